The molecule has 2 heterocycles. The van der Waals surface area contributed by atoms with Crippen LogP contribution in [0.25, 0.3) is 0 Å². The van der Waals surface area contributed by atoms with Gasteiger partial charge in [0.25, 0.3) is 0 Å². The van der Waals surface area contributed by atoms with Crippen molar-refractivity contribution in [2.75, 3.05) is 19.7 Å². The summed E-state index contributed by atoms with van der Waals surface area (Å²) in [5.74, 6) is 6.33. The summed E-state index contributed by atoms with van der Waals surface area (Å²) in [4.78, 5) is 33.3. The van der Waals surface area contributed by atoms with Crippen molar-refractivity contribution in [3.8, 4) is 11.8 Å². The van der Waals surface area contributed by atoms with Gasteiger partial charge >= 0.3 is 6.03 Å². The fourth-order valence-corrected chi connectivity index (χ4v) is 8.05. The molecule has 1 saturated carbocycles. The third kappa shape index (κ3) is 4.43. The standard InChI is InChI=1S/C27H36N4O3Si/c1-26(2)21-17-28-23(30-24(33)27(14-10-15-27)35(3,4)5)20(21)18-31(26)25(34)29-22(13-9-16-32)19-11-7-6-8-12-19/h6-8,11-12,22,32H,10,14-18H2,1-5H3,(H,29,34)(H,28,30,33). The van der Waals surface area contributed by atoms with Gasteiger partial charge in [0.2, 0.25) is 5.91 Å². The molecule has 1 aromatic carbocycles. The van der Waals surface area contributed by atoms with E-state index >= 15 is 0 Å². The Hall–Kier alpha value is -2.89. The normalized spacial score (nSPS) is 20.7. The number of amides is 3. The maximum absolute atomic E-state index is 13.5. The largest absolute Gasteiger partial charge is 0.384 e. The van der Waals surface area contributed by atoms with Crippen LogP contribution in [0, 0.1) is 11.8 Å². The average Bonchev–Trinajstić information content (AvgIpc) is 3.27. The van der Waals surface area contributed by atoms with Crippen molar-refractivity contribution in [3.05, 3.63) is 47.0 Å². The number of nitrogens with zero attached hydrogens (tertiary/aromatic N) is 2. The highest BCUT2D eigenvalue weighted by atomic mass is 28.3. The van der Waals surface area contributed by atoms with Crippen molar-refractivity contribution in [3.63, 3.8) is 0 Å². The van der Waals surface area contributed by atoms with Crippen LogP contribution in [0.1, 0.15) is 44.7 Å². The molecule has 2 aliphatic heterocycles. The second kappa shape index (κ2) is 9.28. The summed E-state index contributed by atoms with van der Waals surface area (Å²) in [6.45, 7) is 11.4. The molecular formula is C27H36N4O3Si. The molecule has 3 N–H and O–H groups in total. The zero-order valence-corrected chi connectivity index (χ0v) is 22.4. The van der Waals surface area contributed by atoms with Crippen molar-refractivity contribution < 1.29 is 14.7 Å². The lowest BCUT2D eigenvalue weighted by molar-refractivity contribution is -0.125. The highest BCUT2D eigenvalue weighted by Gasteiger charge is 2.54. The van der Waals surface area contributed by atoms with Crippen LogP contribution in [-0.4, -0.2) is 61.1 Å². The predicted octanol–water partition coefficient (Wildman–Crippen LogP) is 3.61. The van der Waals surface area contributed by atoms with E-state index in [1.54, 1.807) is 4.90 Å². The Balaban J connectivity index is 1.50. The van der Waals surface area contributed by atoms with Crippen LogP contribution in [0.2, 0.25) is 24.7 Å². The fourth-order valence-electron chi connectivity index (χ4n) is 5.46. The van der Waals surface area contributed by atoms with Gasteiger partial charge < -0.3 is 20.6 Å². The Bertz CT molecular complexity index is 1130. The molecule has 3 amide bonds. The Labute approximate surface area is 209 Å². The number of benzene rings is 1. The van der Waals surface area contributed by atoms with Gasteiger partial charge in [-0.2, -0.15) is 0 Å². The third-order valence-corrected chi connectivity index (χ3v) is 11.7. The number of hydrogen-bond donors (Lipinski definition) is 3. The maximum Gasteiger partial charge on any atom is 0.319 e. The summed E-state index contributed by atoms with van der Waals surface area (Å²) in [6, 6.07) is 8.72. The molecule has 3 aliphatic rings. The second-order valence-electron chi connectivity index (χ2n) is 11.2. The minimum absolute atomic E-state index is 0.0968. The van der Waals surface area contributed by atoms with E-state index in [1.807, 2.05) is 44.2 Å². The zero-order chi connectivity index (χ0) is 25.4. The molecule has 0 spiro atoms. The first-order valence-corrected chi connectivity index (χ1v) is 15.8. The smallest absolute Gasteiger partial charge is 0.319 e. The molecule has 1 aromatic rings. The highest BCUT2D eigenvalue weighted by Crippen LogP contribution is 2.55. The highest BCUT2D eigenvalue weighted by molar-refractivity contribution is 6.82. The molecule has 186 valence electrons. The van der Waals surface area contributed by atoms with E-state index in [4.69, 9.17) is 0 Å². The van der Waals surface area contributed by atoms with Crippen molar-refractivity contribution in [1.29, 1.82) is 0 Å². The van der Waals surface area contributed by atoms with Crippen LogP contribution in [0.5, 0.6) is 0 Å². The quantitative estimate of drug-likeness (QED) is 0.443. The van der Waals surface area contributed by atoms with E-state index in [0.29, 0.717) is 18.9 Å². The van der Waals surface area contributed by atoms with Crippen LogP contribution in [0.15, 0.2) is 46.5 Å². The van der Waals surface area contributed by atoms with E-state index in [2.05, 4.69) is 47.1 Å². The van der Waals surface area contributed by atoms with Crippen molar-refractivity contribution in [1.82, 2.24) is 15.5 Å². The minimum Gasteiger partial charge on any atom is -0.384 e. The zero-order valence-electron chi connectivity index (χ0n) is 21.4. The molecule has 0 saturated heterocycles. The number of carbonyl (C=O) groups excluding carboxylic acids is 2. The van der Waals surface area contributed by atoms with Gasteiger partial charge in [-0.25, -0.2) is 4.79 Å². The number of aliphatic hydroxyl groups is 1. The summed E-state index contributed by atoms with van der Waals surface area (Å²) in [7, 11) is -1.70. The van der Waals surface area contributed by atoms with Crippen molar-refractivity contribution in [2.24, 2.45) is 4.99 Å². The number of rotatable bonds is 4. The number of nitrogens with one attached hydrogen (secondary N) is 2. The predicted molar refractivity (Wildman–Crippen MR) is 141 cm³/mol. The van der Waals surface area contributed by atoms with Gasteiger partial charge in [-0.1, -0.05) is 68.2 Å². The van der Waals surface area contributed by atoms with Gasteiger partial charge in [-0.15, -0.1) is 0 Å². The number of aliphatic hydroxyl groups excluding tert-OH is 1. The van der Waals surface area contributed by atoms with Gasteiger partial charge in [0, 0.05) is 10.6 Å². The van der Waals surface area contributed by atoms with E-state index in [0.717, 1.165) is 36.0 Å². The van der Waals surface area contributed by atoms with Gasteiger partial charge in [-0.3, -0.25) is 9.79 Å². The van der Waals surface area contributed by atoms with Crippen LogP contribution in [-0.2, 0) is 4.79 Å². The first-order chi connectivity index (χ1) is 16.5. The topological polar surface area (TPSA) is 94.0 Å². The van der Waals surface area contributed by atoms with Crippen molar-refractivity contribution >= 4 is 25.8 Å². The summed E-state index contributed by atoms with van der Waals surface area (Å²) in [5, 5.41) is 15.1. The van der Waals surface area contributed by atoms with E-state index in [-0.39, 0.29) is 23.6 Å². The average molecular weight is 493 g/mol. The Morgan fingerprint density at radius 1 is 1.20 bits per heavy atom. The van der Waals surface area contributed by atoms with Crippen LogP contribution < -0.4 is 10.6 Å². The molecule has 1 fully saturated rings. The Morgan fingerprint density at radius 3 is 2.46 bits per heavy atom. The van der Waals surface area contributed by atoms with Gasteiger partial charge in [0.05, 0.1) is 26.7 Å². The van der Waals surface area contributed by atoms with E-state index < -0.39 is 19.7 Å². The van der Waals surface area contributed by atoms with Gasteiger partial charge in [-0.05, 0) is 37.8 Å². The van der Waals surface area contributed by atoms with Crippen LogP contribution >= 0.6 is 0 Å². The third-order valence-electron chi connectivity index (χ3n) is 8.06. The van der Waals surface area contributed by atoms with Crippen molar-refractivity contribution in [2.45, 2.75) is 69.4 Å². The van der Waals surface area contributed by atoms with Gasteiger partial charge in [0.1, 0.15) is 18.5 Å². The van der Waals surface area contributed by atoms with E-state index in [1.165, 1.54) is 0 Å². The molecule has 0 bridgehead atoms. The molecule has 35 heavy (non-hydrogen) atoms. The lowest BCUT2D eigenvalue weighted by Crippen LogP contribution is -2.55. The Kier molecular flexibility index (Phi) is 6.69. The van der Waals surface area contributed by atoms with Crippen LogP contribution in [0.3, 0.4) is 0 Å². The van der Waals surface area contributed by atoms with E-state index in [9.17, 15) is 14.7 Å². The molecule has 0 radical (unpaired) electrons. The molecule has 1 unspecified atom stereocenters. The summed E-state index contributed by atoms with van der Waals surface area (Å²) < 4.78 is 0. The summed E-state index contributed by atoms with van der Waals surface area (Å²) >= 11 is 0. The molecule has 1 aliphatic carbocycles. The molecule has 1 atom stereocenters. The van der Waals surface area contributed by atoms with Crippen LogP contribution in [0.4, 0.5) is 4.79 Å². The first kappa shape index (κ1) is 25.2. The maximum atomic E-state index is 13.5. The molecule has 0 aromatic heterocycles. The molecule has 4 rings (SSSR count). The monoisotopic (exact) mass is 492 g/mol. The first-order valence-electron chi connectivity index (χ1n) is 12.3. The Morgan fingerprint density at radius 2 is 1.89 bits per heavy atom. The molecule has 7 nitrogen and oxygen atoms in total. The van der Waals surface area contributed by atoms with Gasteiger partial charge in [0.15, 0.2) is 0 Å². The number of urea groups is 1. The number of amidine groups is 1. The minimum atomic E-state index is -1.70. The number of hydrogen-bond acceptors (Lipinski definition) is 4. The summed E-state index contributed by atoms with van der Waals surface area (Å²) in [6.07, 6.45) is 2.99. The lowest BCUT2D eigenvalue weighted by atomic mass is 9.83. The SMILES string of the molecule is CC1(C)C2=C(CN1C(=O)NC(C#CCO)c1ccccc1)C(NC(=O)C1([Si](C)(C)C)CCC1)=NC2. The number of aliphatic imine (C=N–C) groups is 1. The molecule has 8 heteroatoms. The lowest BCUT2D eigenvalue weighted by Gasteiger charge is -2.49. The second-order valence-corrected chi connectivity index (χ2v) is 16.6. The fraction of sp³-hybridized carbons (Fsp3) is 0.519. The molecular weight excluding hydrogens is 456 g/mol. The summed E-state index contributed by atoms with van der Waals surface area (Å²) in [5.41, 5.74) is 2.32. The number of carbonyl (C=O) groups is 2.